The molecule has 0 aromatic heterocycles. The molecule has 1 aliphatic heterocycles. The molecule has 0 aliphatic carbocycles. The first kappa shape index (κ1) is 12.1. The lowest BCUT2D eigenvalue weighted by Crippen LogP contribution is -2.15. The Hall–Kier alpha value is -2.00. The number of benzene rings is 2. The number of ketones is 1. The van der Waals surface area contributed by atoms with Crippen molar-refractivity contribution in [2.45, 2.75) is 6.42 Å². The van der Waals surface area contributed by atoms with Gasteiger partial charge >= 0.3 is 0 Å². The first-order valence-corrected chi connectivity index (χ1v) is 6.18. The highest BCUT2D eigenvalue weighted by Crippen LogP contribution is 2.30. The molecule has 0 radical (unpaired) electrons. The Labute approximate surface area is 114 Å². The number of carbonyl (C=O) groups is 1. The fourth-order valence-corrected chi connectivity index (χ4v) is 2.36. The van der Waals surface area contributed by atoms with Crippen LogP contribution in [0.5, 0.6) is 0 Å². The van der Waals surface area contributed by atoms with Gasteiger partial charge in [-0.3, -0.25) is 9.79 Å². The Morgan fingerprint density at radius 2 is 1.89 bits per heavy atom. The second-order valence-corrected chi connectivity index (χ2v) is 4.71. The molecule has 2 aromatic carbocycles. The summed E-state index contributed by atoms with van der Waals surface area (Å²) in [6.45, 7) is 0. The molecule has 0 fully saturated rings. The average molecular weight is 274 g/mol. The minimum atomic E-state index is -0.427. The third-order valence-electron chi connectivity index (χ3n) is 3.03. The van der Waals surface area contributed by atoms with E-state index >= 15 is 0 Å². The van der Waals surface area contributed by atoms with Crippen LogP contribution in [0.1, 0.15) is 22.3 Å². The quantitative estimate of drug-likeness (QED) is 0.766. The maximum Gasteiger partial charge on any atom is 0.171 e. The van der Waals surface area contributed by atoms with Gasteiger partial charge in [0.15, 0.2) is 5.78 Å². The SMILES string of the molecule is O=C1CC(c2ccccc2Cl)=Nc2ccc(F)cc21. The topological polar surface area (TPSA) is 29.4 Å². The van der Waals surface area contributed by atoms with Gasteiger partial charge in [0, 0.05) is 16.1 Å². The summed E-state index contributed by atoms with van der Waals surface area (Å²) in [6, 6.07) is 11.3. The van der Waals surface area contributed by atoms with Crippen LogP contribution in [0.15, 0.2) is 47.5 Å². The normalized spacial score (nSPS) is 14.0. The van der Waals surface area contributed by atoms with Crippen LogP contribution in [0.4, 0.5) is 10.1 Å². The first-order chi connectivity index (χ1) is 9.15. The zero-order chi connectivity index (χ0) is 13.4. The minimum Gasteiger partial charge on any atom is -0.294 e. The van der Waals surface area contributed by atoms with Crippen molar-refractivity contribution in [3.05, 3.63) is 64.4 Å². The Kier molecular flexibility index (Phi) is 2.91. The Morgan fingerprint density at radius 3 is 2.68 bits per heavy atom. The number of Topliss-reactive ketones (excluding diaryl/α,β-unsaturated/α-hetero) is 1. The van der Waals surface area contributed by atoms with Gasteiger partial charge in [0.05, 0.1) is 17.8 Å². The Balaban J connectivity index is 2.14. The molecule has 0 saturated heterocycles. The van der Waals surface area contributed by atoms with E-state index in [1.165, 1.54) is 18.2 Å². The third-order valence-corrected chi connectivity index (χ3v) is 3.36. The van der Waals surface area contributed by atoms with Gasteiger partial charge in [-0.2, -0.15) is 0 Å². The number of nitrogens with zero attached hydrogens (tertiary/aromatic N) is 1. The molecule has 0 unspecified atom stereocenters. The van der Waals surface area contributed by atoms with Crippen LogP contribution in [0.25, 0.3) is 0 Å². The number of fused-ring (bicyclic) bond motifs is 1. The summed E-state index contributed by atoms with van der Waals surface area (Å²) < 4.78 is 13.1. The standard InChI is InChI=1S/C15H9ClFNO/c16-12-4-2-1-3-10(12)14-8-15(19)11-7-9(17)5-6-13(11)18-14/h1-7H,8H2. The molecule has 1 aliphatic rings. The largest absolute Gasteiger partial charge is 0.294 e. The number of hydrogen-bond acceptors (Lipinski definition) is 2. The van der Waals surface area contributed by atoms with E-state index in [0.717, 1.165) is 5.56 Å². The second-order valence-electron chi connectivity index (χ2n) is 4.30. The number of carbonyl (C=O) groups excluding carboxylic acids is 1. The maximum absolute atomic E-state index is 13.1. The highest BCUT2D eigenvalue weighted by atomic mass is 35.5. The molecule has 0 amide bonds. The molecule has 2 aromatic rings. The summed E-state index contributed by atoms with van der Waals surface area (Å²) in [5.41, 5.74) is 2.19. The van der Waals surface area contributed by atoms with Crippen molar-refractivity contribution in [3.63, 3.8) is 0 Å². The predicted molar refractivity (Wildman–Crippen MR) is 73.0 cm³/mol. The number of hydrogen-bond donors (Lipinski definition) is 0. The molecule has 2 nitrogen and oxygen atoms in total. The molecule has 3 rings (SSSR count). The smallest absolute Gasteiger partial charge is 0.171 e. The van der Waals surface area contributed by atoms with Crippen LogP contribution in [-0.4, -0.2) is 11.5 Å². The zero-order valence-electron chi connectivity index (χ0n) is 9.86. The van der Waals surface area contributed by atoms with E-state index in [4.69, 9.17) is 11.6 Å². The molecular weight excluding hydrogens is 265 g/mol. The number of halogens is 2. The highest BCUT2D eigenvalue weighted by molar-refractivity contribution is 6.35. The van der Waals surface area contributed by atoms with E-state index in [-0.39, 0.29) is 12.2 Å². The van der Waals surface area contributed by atoms with E-state index in [2.05, 4.69) is 4.99 Å². The van der Waals surface area contributed by atoms with Crippen LogP contribution in [0.2, 0.25) is 5.02 Å². The van der Waals surface area contributed by atoms with Gasteiger partial charge in [-0.15, -0.1) is 0 Å². The summed E-state index contributed by atoms with van der Waals surface area (Å²) in [4.78, 5) is 16.5. The molecule has 0 spiro atoms. The minimum absolute atomic E-state index is 0.139. The van der Waals surface area contributed by atoms with Crippen molar-refractivity contribution in [1.82, 2.24) is 0 Å². The highest BCUT2D eigenvalue weighted by Gasteiger charge is 2.22. The van der Waals surface area contributed by atoms with Crippen molar-refractivity contribution in [2.75, 3.05) is 0 Å². The molecule has 19 heavy (non-hydrogen) atoms. The van der Waals surface area contributed by atoms with E-state index in [1.807, 2.05) is 18.2 Å². The third kappa shape index (κ3) is 2.17. The molecule has 0 saturated carbocycles. The maximum atomic E-state index is 13.1. The molecule has 94 valence electrons. The first-order valence-electron chi connectivity index (χ1n) is 5.80. The lowest BCUT2D eigenvalue weighted by molar-refractivity contribution is 0.0999. The second kappa shape index (κ2) is 4.59. The van der Waals surface area contributed by atoms with Gasteiger partial charge in [-0.1, -0.05) is 29.8 Å². The predicted octanol–water partition coefficient (Wildman–Crippen LogP) is 4.19. The average Bonchev–Trinajstić information content (AvgIpc) is 2.40. The summed E-state index contributed by atoms with van der Waals surface area (Å²) in [7, 11) is 0. The molecular formula is C15H9ClFNO. The van der Waals surface area contributed by atoms with Crippen molar-refractivity contribution in [1.29, 1.82) is 0 Å². The number of rotatable bonds is 1. The van der Waals surface area contributed by atoms with Crippen molar-refractivity contribution in [3.8, 4) is 0 Å². The fourth-order valence-electron chi connectivity index (χ4n) is 2.11. The molecule has 0 bridgehead atoms. The van der Waals surface area contributed by atoms with Crippen LogP contribution < -0.4 is 0 Å². The lowest BCUT2D eigenvalue weighted by Gasteiger charge is -2.15. The molecule has 4 heteroatoms. The van der Waals surface area contributed by atoms with Gasteiger partial charge in [0.25, 0.3) is 0 Å². The summed E-state index contributed by atoms with van der Waals surface area (Å²) in [5.74, 6) is -0.567. The Bertz CT molecular complexity index is 709. The summed E-state index contributed by atoms with van der Waals surface area (Å²) in [6.07, 6.45) is 0.139. The zero-order valence-corrected chi connectivity index (χ0v) is 10.6. The molecule has 1 heterocycles. The van der Waals surface area contributed by atoms with E-state index in [0.29, 0.717) is 22.0 Å². The van der Waals surface area contributed by atoms with E-state index < -0.39 is 5.82 Å². The van der Waals surface area contributed by atoms with Crippen LogP contribution >= 0.6 is 11.6 Å². The van der Waals surface area contributed by atoms with Crippen LogP contribution in [0, 0.1) is 5.82 Å². The Morgan fingerprint density at radius 1 is 1.11 bits per heavy atom. The van der Waals surface area contributed by atoms with E-state index in [1.54, 1.807) is 6.07 Å². The van der Waals surface area contributed by atoms with Crippen molar-refractivity contribution >= 4 is 28.8 Å². The summed E-state index contributed by atoms with van der Waals surface area (Å²) >= 11 is 6.11. The van der Waals surface area contributed by atoms with Crippen molar-refractivity contribution in [2.24, 2.45) is 4.99 Å². The van der Waals surface area contributed by atoms with Gasteiger partial charge in [0.1, 0.15) is 5.82 Å². The van der Waals surface area contributed by atoms with Gasteiger partial charge < -0.3 is 0 Å². The molecule has 0 N–H and O–H groups in total. The van der Waals surface area contributed by atoms with Crippen LogP contribution in [-0.2, 0) is 0 Å². The number of aliphatic imine (C=N–C) groups is 1. The monoisotopic (exact) mass is 273 g/mol. The van der Waals surface area contributed by atoms with Crippen LogP contribution in [0.3, 0.4) is 0 Å². The van der Waals surface area contributed by atoms with E-state index in [9.17, 15) is 9.18 Å². The lowest BCUT2D eigenvalue weighted by atomic mass is 9.96. The summed E-state index contributed by atoms with van der Waals surface area (Å²) in [5, 5.41) is 0.555. The fraction of sp³-hybridized carbons (Fsp3) is 0.0667. The molecule has 0 atom stereocenters. The van der Waals surface area contributed by atoms with Gasteiger partial charge in [-0.05, 0) is 24.3 Å². The van der Waals surface area contributed by atoms with Gasteiger partial charge in [0.2, 0.25) is 0 Å². The van der Waals surface area contributed by atoms with Crippen molar-refractivity contribution < 1.29 is 9.18 Å². The van der Waals surface area contributed by atoms with Gasteiger partial charge in [-0.25, -0.2) is 4.39 Å².